The molecule has 116 valence electrons. The van der Waals surface area contributed by atoms with Gasteiger partial charge in [-0.2, -0.15) is 0 Å². The van der Waals surface area contributed by atoms with Gasteiger partial charge in [0.1, 0.15) is 11.6 Å². The van der Waals surface area contributed by atoms with Gasteiger partial charge in [0.2, 0.25) is 0 Å². The molecule has 3 N–H and O–H groups in total. The average molecular weight is 304 g/mol. The molecule has 0 radical (unpaired) electrons. The summed E-state index contributed by atoms with van der Waals surface area (Å²) in [7, 11) is 0. The number of rotatable bonds is 5. The van der Waals surface area contributed by atoms with E-state index in [1.807, 2.05) is 6.92 Å². The minimum atomic E-state index is -0.465. The first-order valence-electron chi connectivity index (χ1n) is 7.03. The molecule has 0 aliphatic rings. The van der Waals surface area contributed by atoms with Gasteiger partial charge in [-0.3, -0.25) is 4.79 Å². The van der Waals surface area contributed by atoms with Crippen molar-refractivity contribution >= 4 is 11.6 Å². The molecule has 0 saturated carbocycles. The van der Waals surface area contributed by atoms with E-state index in [0.717, 1.165) is 12.1 Å². The van der Waals surface area contributed by atoms with Gasteiger partial charge in [-0.25, -0.2) is 8.78 Å². The molecule has 1 amide bonds. The van der Waals surface area contributed by atoms with Crippen LogP contribution in [0.4, 0.5) is 14.5 Å². The van der Waals surface area contributed by atoms with Crippen molar-refractivity contribution in [2.24, 2.45) is 5.92 Å². The van der Waals surface area contributed by atoms with Crippen LogP contribution in [0.1, 0.15) is 22.8 Å². The molecule has 1 atom stereocenters. The van der Waals surface area contributed by atoms with E-state index in [9.17, 15) is 13.6 Å². The lowest BCUT2D eigenvalue weighted by atomic mass is 10.0. The third kappa shape index (κ3) is 4.28. The zero-order valence-electron chi connectivity index (χ0n) is 12.3. The zero-order valence-corrected chi connectivity index (χ0v) is 12.3. The lowest BCUT2D eigenvalue weighted by molar-refractivity contribution is 0.0948. The quantitative estimate of drug-likeness (QED) is 0.834. The maximum absolute atomic E-state index is 13.6. The second-order valence-corrected chi connectivity index (χ2v) is 5.38. The van der Waals surface area contributed by atoms with Crippen LogP contribution in [-0.4, -0.2) is 12.5 Å². The van der Waals surface area contributed by atoms with Crippen molar-refractivity contribution in [2.75, 3.05) is 12.3 Å². The molecule has 0 fully saturated rings. The molecule has 22 heavy (non-hydrogen) atoms. The van der Waals surface area contributed by atoms with Gasteiger partial charge >= 0.3 is 0 Å². The summed E-state index contributed by atoms with van der Waals surface area (Å²) >= 11 is 0. The van der Waals surface area contributed by atoms with Crippen LogP contribution in [-0.2, 0) is 6.42 Å². The number of nitrogens with one attached hydrogen (secondary N) is 1. The van der Waals surface area contributed by atoms with E-state index in [1.165, 1.54) is 6.07 Å². The SMILES string of the molecule is C[C@@H](CNC(=O)c1cccc(N)c1)Cc1cc(F)ccc1F. The van der Waals surface area contributed by atoms with Crippen molar-refractivity contribution in [3.63, 3.8) is 0 Å². The predicted molar refractivity (Wildman–Crippen MR) is 82.4 cm³/mol. The summed E-state index contributed by atoms with van der Waals surface area (Å²) in [6.45, 7) is 2.23. The van der Waals surface area contributed by atoms with E-state index in [4.69, 9.17) is 5.73 Å². The van der Waals surface area contributed by atoms with E-state index in [2.05, 4.69) is 5.32 Å². The van der Waals surface area contributed by atoms with Gasteiger partial charge in [-0.05, 0) is 54.3 Å². The largest absolute Gasteiger partial charge is 0.399 e. The topological polar surface area (TPSA) is 55.1 Å². The zero-order chi connectivity index (χ0) is 16.1. The molecule has 2 aromatic carbocycles. The number of amides is 1. The minimum Gasteiger partial charge on any atom is -0.399 e. The number of hydrogen-bond donors (Lipinski definition) is 2. The molecule has 2 rings (SSSR count). The Labute approximate surface area is 128 Å². The Morgan fingerprint density at radius 3 is 2.73 bits per heavy atom. The predicted octanol–water partition coefficient (Wildman–Crippen LogP) is 3.16. The Balaban J connectivity index is 1.91. The molecule has 0 heterocycles. The molecule has 0 aliphatic carbocycles. The molecular formula is C17H18F2N2O. The van der Waals surface area contributed by atoms with E-state index < -0.39 is 11.6 Å². The third-order valence-electron chi connectivity index (χ3n) is 3.34. The maximum Gasteiger partial charge on any atom is 0.251 e. The third-order valence-corrected chi connectivity index (χ3v) is 3.34. The van der Waals surface area contributed by atoms with Crippen molar-refractivity contribution in [1.29, 1.82) is 0 Å². The summed E-state index contributed by atoms with van der Waals surface area (Å²) < 4.78 is 26.7. The summed E-state index contributed by atoms with van der Waals surface area (Å²) in [5.41, 5.74) is 6.93. The molecule has 0 unspecified atom stereocenters. The van der Waals surface area contributed by atoms with Gasteiger partial charge < -0.3 is 11.1 Å². The highest BCUT2D eigenvalue weighted by atomic mass is 19.1. The van der Waals surface area contributed by atoms with E-state index in [0.29, 0.717) is 29.8 Å². The van der Waals surface area contributed by atoms with Crippen LogP contribution in [0.3, 0.4) is 0 Å². The van der Waals surface area contributed by atoms with Crippen LogP contribution in [0.2, 0.25) is 0 Å². The summed E-state index contributed by atoms with van der Waals surface area (Å²) in [5, 5.41) is 2.77. The fourth-order valence-corrected chi connectivity index (χ4v) is 2.20. The van der Waals surface area contributed by atoms with Crippen molar-refractivity contribution in [1.82, 2.24) is 5.32 Å². The van der Waals surface area contributed by atoms with Crippen LogP contribution in [0.5, 0.6) is 0 Å². The van der Waals surface area contributed by atoms with E-state index in [-0.39, 0.29) is 11.8 Å². The number of carbonyl (C=O) groups excluding carboxylic acids is 1. The highest BCUT2D eigenvalue weighted by Gasteiger charge is 2.11. The van der Waals surface area contributed by atoms with Gasteiger partial charge in [-0.1, -0.05) is 13.0 Å². The Morgan fingerprint density at radius 1 is 1.23 bits per heavy atom. The van der Waals surface area contributed by atoms with Crippen LogP contribution < -0.4 is 11.1 Å². The number of anilines is 1. The highest BCUT2D eigenvalue weighted by molar-refractivity contribution is 5.94. The number of nitrogens with two attached hydrogens (primary N) is 1. The number of carbonyl (C=O) groups is 1. The molecule has 5 heteroatoms. The molecule has 0 bridgehead atoms. The van der Waals surface area contributed by atoms with Gasteiger partial charge in [0.25, 0.3) is 5.91 Å². The Kier molecular flexibility index (Phi) is 5.09. The Morgan fingerprint density at radius 2 is 2.00 bits per heavy atom. The van der Waals surface area contributed by atoms with Crippen molar-refractivity contribution in [2.45, 2.75) is 13.3 Å². The van der Waals surface area contributed by atoms with Crippen LogP contribution >= 0.6 is 0 Å². The molecule has 0 spiro atoms. The maximum atomic E-state index is 13.6. The molecule has 3 nitrogen and oxygen atoms in total. The van der Waals surface area contributed by atoms with Gasteiger partial charge in [0, 0.05) is 17.8 Å². The summed E-state index contributed by atoms with van der Waals surface area (Å²) in [6.07, 6.45) is 0.348. The normalized spacial score (nSPS) is 12.0. The van der Waals surface area contributed by atoms with Gasteiger partial charge in [0.05, 0.1) is 0 Å². The van der Waals surface area contributed by atoms with Crippen molar-refractivity contribution < 1.29 is 13.6 Å². The first-order chi connectivity index (χ1) is 10.5. The monoisotopic (exact) mass is 304 g/mol. The van der Waals surface area contributed by atoms with Gasteiger partial charge in [-0.15, -0.1) is 0 Å². The standard InChI is InChI=1S/C17H18F2N2O/c1-11(7-13-8-14(18)5-6-16(13)19)10-21-17(22)12-3-2-4-15(20)9-12/h2-6,8-9,11H,7,10,20H2,1H3,(H,21,22)/t11-/m1/s1. The number of hydrogen-bond acceptors (Lipinski definition) is 2. The molecular weight excluding hydrogens is 286 g/mol. The van der Waals surface area contributed by atoms with Crippen LogP contribution in [0, 0.1) is 17.6 Å². The summed E-state index contributed by atoms with van der Waals surface area (Å²) in [5.74, 6) is -1.16. The Hall–Kier alpha value is -2.43. The number of halogens is 2. The average Bonchev–Trinajstić information content (AvgIpc) is 2.48. The molecule has 0 aromatic heterocycles. The Bertz CT molecular complexity index is 673. The highest BCUT2D eigenvalue weighted by Crippen LogP contribution is 2.14. The van der Waals surface area contributed by atoms with Crippen LogP contribution in [0.15, 0.2) is 42.5 Å². The fourth-order valence-electron chi connectivity index (χ4n) is 2.20. The summed E-state index contributed by atoms with van der Waals surface area (Å²) in [4.78, 5) is 12.0. The van der Waals surface area contributed by atoms with Crippen LogP contribution in [0.25, 0.3) is 0 Å². The lowest BCUT2D eigenvalue weighted by Crippen LogP contribution is -2.29. The fraction of sp³-hybridized carbons (Fsp3) is 0.235. The second kappa shape index (κ2) is 7.02. The second-order valence-electron chi connectivity index (χ2n) is 5.38. The van der Waals surface area contributed by atoms with Gasteiger partial charge in [0.15, 0.2) is 0 Å². The summed E-state index contributed by atoms with van der Waals surface area (Å²) in [6, 6.07) is 10.1. The lowest BCUT2D eigenvalue weighted by Gasteiger charge is -2.13. The minimum absolute atomic E-state index is 0.0266. The van der Waals surface area contributed by atoms with Crippen molar-refractivity contribution in [3.05, 3.63) is 65.2 Å². The smallest absolute Gasteiger partial charge is 0.251 e. The molecule has 2 aromatic rings. The van der Waals surface area contributed by atoms with E-state index >= 15 is 0 Å². The van der Waals surface area contributed by atoms with E-state index in [1.54, 1.807) is 24.3 Å². The molecule has 0 aliphatic heterocycles. The number of nitrogen functional groups attached to an aromatic ring is 1. The van der Waals surface area contributed by atoms with Crippen molar-refractivity contribution in [3.8, 4) is 0 Å². The first kappa shape index (κ1) is 15.9. The first-order valence-corrected chi connectivity index (χ1v) is 7.03. The molecule has 0 saturated heterocycles. The number of benzene rings is 2.